The Labute approximate surface area is 187 Å². The van der Waals surface area contributed by atoms with Crippen molar-refractivity contribution in [2.75, 3.05) is 12.4 Å². The van der Waals surface area contributed by atoms with Gasteiger partial charge in [0.15, 0.2) is 18.1 Å². The Hall–Kier alpha value is -3.42. The Morgan fingerprint density at radius 3 is 2.36 bits per heavy atom. The van der Waals surface area contributed by atoms with E-state index in [0.717, 1.165) is 6.20 Å². The molecular formula is C19H14F5N7OS. The zero-order valence-corrected chi connectivity index (χ0v) is 17.6. The van der Waals surface area contributed by atoms with E-state index in [4.69, 9.17) is 0 Å². The molecule has 4 aromatic rings. The standard InChI is InChI=1S/C19H14F5N7OS/c1-2-33-17-14(11-8-29-13(9-28-11)32-10-18(20,21)19(22,23)24)16-27-7-4-12(31(16)30-17)15-25-5-3-6-26-15/h3-9H,2,10H2,1H3. The first-order valence-electron chi connectivity index (χ1n) is 9.39. The minimum Gasteiger partial charge on any atom is -0.470 e. The Kier molecular flexibility index (Phi) is 6.10. The molecule has 4 rings (SSSR count). The van der Waals surface area contributed by atoms with Gasteiger partial charge in [0.2, 0.25) is 5.88 Å². The summed E-state index contributed by atoms with van der Waals surface area (Å²) in [5, 5.41) is 5.16. The third-order valence-corrected chi connectivity index (χ3v) is 5.11. The van der Waals surface area contributed by atoms with Crippen LogP contribution in [0.5, 0.6) is 5.88 Å². The lowest BCUT2D eigenvalue weighted by Gasteiger charge is -2.19. The highest BCUT2D eigenvalue weighted by atomic mass is 32.2. The quantitative estimate of drug-likeness (QED) is 0.283. The number of hydrogen-bond acceptors (Lipinski definition) is 8. The molecule has 0 saturated carbocycles. The summed E-state index contributed by atoms with van der Waals surface area (Å²) in [6, 6.07) is 3.38. The summed E-state index contributed by atoms with van der Waals surface area (Å²) in [6.45, 7) is 0.0245. The number of rotatable bonds is 7. The molecule has 0 fully saturated rings. The van der Waals surface area contributed by atoms with Crippen molar-refractivity contribution < 1.29 is 26.7 Å². The number of ether oxygens (including phenoxy) is 1. The van der Waals surface area contributed by atoms with Crippen LogP contribution in [0.2, 0.25) is 0 Å². The molecule has 14 heteroatoms. The summed E-state index contributed by atoms with van der Waals surface area (Å²) in [5.41, 5.74) is 1.79. The molecule has 0 aliphatic heterocycles. The van der Waals surface area contributed by atoms with Crippen molar-refractivity contribution in [3.05, 3.63) is 43.1 Å². The third-order valence-electron chi connectivity index (χ3n) is 4.26. The molecule has 4 heterocycles. The van der Waals surface area contributed by atoms with E-state index in [9.17, 15) is 22.0 Å². The number of nitrogens with zero attached hydrogens (tertiary/aromatic N) is 7. The molecule has 0 unspecified atom stereocenters. The van der Waals surface area contributed by atoms with Gasteiger partial charge in [0, 0.05) is 18.6 Å². The maximum absolute atomic E-state index is 13.1. The smallest absolute Gasteiger partial charge is 0.456 e. The van der Waals surface area contributed by atoms with Crippen LogP contribution in [0.4, 0.5) is 22.0 Å². The van der Waals surface area contributed by atoms with Gasteiger partial charge in [-0.05, 0) is 17.9 Å². The molecule has 0 spiro atoms. The SMILES string of the molecule is CCSc1nn2c(-c3ncccn3)ccnc2c1-c1cnc(OCC(F)(F)C(F)(F)F)cn1. The molecule has 0 N–H and O–H groups in total. The summed E-state index contributed by atoms with van der Waals surface area (Å²) >= 11 is 1.41. The number of hydrogen-bond donors (Lipinski definition) is 0. The van der Waals surface area contributed by atoms with Crippen LogP contribution in [-0.2, 0) is 0 Å². The fourth-order valence-electron chi connectivity index (χ4n) is 2.75. The Bertz CT molecular complexity index is 1250. The molecule has 0 atom stereocenters. The number of aromatic nitrogens is 7. The predicted octanol–water partition coefficient (Wildman–Crippen LogP) is 4.33. The zero-order valence-electron chi connectivity index (χ0n) is 16.8. The van der Waals surface area contributed by atoms with Crippen LogP contribution >= 0.6 is 11.8 Å². The third kappa shape index (κ3) is 4.55. The first-order valence-corrected chi connectivity index (χ1v) is 10.4. The van der Waals surface area contributed by atoms with E-state index in [1.54, 1.807) is 35.2 Å². The second-order valence-corrected chi connectivity index (χ2v) is 7.73. The average molecular weight is 483 g/mol. The lowest BCUT2D eigenvalue weighted by atomic mass is 10.2. The van der Waals surface area contributed by atoms with Gasteiger partial charge < -0.3 is 4.74 Å². The van der Waals surface area contributed by atoms with Crippen LogP contribution in [0.1, 0.15) is 6.92 Å². The van der Waals surface area contributed by atoms with E-state index < -0.39 is 24.6 Å². The van der Waals surface area contributed by atoms with Crippen LogP contribution in [0.25, 0.3) is 28.4 Å². The molecule has 0 bridgehead atoms. The summed E-state index contributed by atoms with van der Waals surface area (Å²) in [4.78, 5) is 20.8. The molecule has 0 saturated heterocycles. The number of fused-ring (bicyclic) bond motifs is 1. The monoisotopic (exact) mass is 483 g/mol. The van der Waals surface area contributed by atoms with Gasteiger partial charge >= 0.3 is 12.1 Å². The van der Waals surface area contributed by atoms with Gasteiger partial charge in [0.1, 0.15) is 10.7 Å². The van der Waals surface area contributed by atoms with E-state index in [1.807, 2.05) is 6.92 Å². The van der Waals surface area contributed by atoms with Crippen LogP contribution in [-0.4, -0.2) is 59.0 Å². The molecule has 0 aliphatic rings. The van der Waals surface area contributed by atoms with Crippen molar-refractivity contribution in [3.63, 3.8) is 0 Å². The van der Waals surface area contributed by atoms with E-state index in [-0.39, 0.29) is 5.69 Å². The second kappa shape index (κ2) is 8.84. The van der Waals surface area contributed by atoms with Gasteiger partial charge in [-0.15, -0.1) is 11.8 Å². The van der Waals surface area contributed by atoms with Crippen LogP contribution in [0, 0.1) is 0 Å². The zero-order chi connectivity index (χ0) is 23.6. The van der Waals surface area contributed by atoms with Gasteiger partial charge in [-0.3, -0.25) is 0 Å². The Morgan fingerprint density at radius 2 is 1.73 bits per heavy atom. The molecule has 0 aliphatic carbocycles. The van der Waals surface area contributed by atoms with Crippen molar-refractivity contribution in [2.45, 2.75) is 24.0 Å². The lowest BCUT2D eigenvalue weighted by molar-refractivity contribution is -0.290. The van der Waals surface area contributed by atoms with Gasteiger partial charge in [-0.2, -0.15) is 27.1 Å². The highest BCUT2D eigenvalue weighted by Crippen LogP contribution is 2.36. The van der Waals surface area contributed by atoms with Gasteiger partial charge in [0.25, 0.3) is 0 Å². The topological polar surface area (TPSA) is 91.0 Å². The van der Waals surface area contributed by atoms with Crippen molar-refractivity contribution in [1.82, 2.24) is 34.5 Å². The summed E-state index contributed by atoms with van der Waals surface area (Å²) in [7, 11) is 0. The molecule has 4 aromatic heterocycles. The molecule has 0 aromatic carbocycles. The van der Waals surface area contributed by atoms with Crippen LogP contribution in [0.3, 0.4) is 0 Å². The number of alkyl halides is 5. The van der Waals surface area contributed by atoms with Crippen molar-refractivity contribution in [3.8, 4) is 28.7 Å². The van der Waals surface area contributed by atoms with Gasteiger partial charge in [0.05, 0.1) is 23.7 Å². The van der Waals surface area contributed by atoms with E-state index in [0.29, 0.717) is 33.5 Å². The van der Waals surface area contributed by atoms with Crippen molar-refractivity contribution in [1.29, 1.82) is 0 Å². The van der Waals surface area contributed by atoms with Crippen LogP contribution < -0.4 is 4.74 Å². The summed E-state index contributed by atoms with van der Waals surface area (Å²) < 4.78 is 69.2. The maximum Gasteiger partial charge on any atom is 0.456 e. The van der Waals surface area contributed by atoms with Gasteiger partial charge in [-0.1, -0.05) is 6.92 Å². The minimum atomic E-state index is -5.73. The fraction of sp³-hybridized carbons (Fsp3) is 0.263. The molecule has 8 nitrogen and oxygen atoms in total. The molecule has 33 heavy (non-hydrogen) atoms. The normalized spacial score (nSPS) is 12.3. The number of thioether (sulfide) groups is 1. The lowest BCUT2D eigenvalue weighted by Crippen LogP contribution is -2.41. The summed E-state index contributed by atoms with van der Waals surface area (Å²) in [5.74, 6) is -4.39. The first-order chi connectivity index (χ1) is 15.7. The van der Waals surface area contributed by atoms with E-state index in [2.05, 4.69) is 34.8 Å². The largest absolute Gasteiger partial charge is 0.470 e. The Balaban J connectivity index is 1.70. The fourth-order valence-corrected chi connectivity index (χ4v) is 3.51. The molecular weight excluding hydrogens is 469 g/mol. The van der Waals surface area contributed by atoms with E-state index in [1.165, 1.54) is 18.0 Å². The highest BCUT2D eigenvalue weighted by molar-refractivity contribution is 7.99. The average Bonchev–Trinajstić information content (AvgIpc) is 3.16. The Morgan fingerprint density at radius 1 is 0.970 bits per heavy atom. The van der Waals surface area contributed by atoms with Crippen LogP contribution in [0.15, 0.2) is 48.1 Å². The van der Waals surface area contributed by atoms with E-state index >= 15 is 0 Å². The van der Waals surface area contributed by atoms with Gasteiger partial charge in [-0.25, -0.2) is 29.4 Å². The number of halogens is 5. The molecule has 172 valence electrons. The maximum atomic E-state index is 13.1. The first kappa shape index (κ1) is 22.8. The minimum absolute atomic E-state index is 0.287. The van der Waals surface area contributed by atoms with Crippen molar-refractivity contribution >= 4 is 17.4 Å². The second-order valence-electron chi connectivity index (χ2n) is 6.48. The molecule has 0 amide bonds. The van der Waals surface area contributed by atoms with Crippen molar-refractivity contribution in [2.24, 2.45) is 0 Å². The highest BCUT2D eigenvalue weighted by Gasteiger charge is 2.58. The molecule has 0 radical (unpaired) electrons. The summed E-state index contributed by atoms with van der Waals surface area (Å²) in [6.07, 6.45) is 1.17. The predicted molar refractivity (Wildman–Crippen MR) is 108 cm³/mol.